The summed E-state index contributed by atoms with van der Waals surface area (Å²) in [6, 6.07) is -0.879. The monoisotopic (exact) mass is 528 g/mol. The van der Waals surface area contributed by atoms with Gasteiger partial charge in [0.25, 0.3) is 0 Å². The van der Waals surface area contributed by atoms with Crippen LogP contribution in [-0.2, 0) is 9.59 Å². The van der Waals surface area contributed by atoms with Crippen molar-refractivity contribution in [3.8, 4) is 0 Å². The zero-order valence-corrected chi connectivity index (χ0v) is 26.1. The Morgan fingerprint density at radius 2 is 1.27 bits per heavy atom. The zero-order valence-electron chi connectivity index (χ0n) is 24.1. The average molecular weight is 529 g/mol. The van der Waals surface area contributed by atoms with Crippen LogP contribution in [0.4, 0.5) is 0 Å². The number of aliphatic imine (C=N–C) groups is 1. The summed E-state index contributed by atoms with van der Waals surface area (Å²) in [5, 5.41) is 23.9. The molecule has 208 valence electrons. The van der Waals surface area contributed by atoms with Gasteiger partial charge in [-0.05, 0) is 82.9 Å². The van der Waals surface area contributed by atoms with E-state index in [1.807, 2.05) is 0 Å². The summed E-state index contributed by atoms with van der Waals surface area (Å²) in [6.45, 7) is 4.83. The molecule has 0 aliphatic rings. The predicted molar refractivity (Wildman–Crippen MR) is 149 cm³/mol. The smallest absolute Gasteiger partial charge is 0.862 e. The van der Waals surface area contributed by atoms with Crippen molar-refractivity contribution in [1.29, 1.82) is 0 Å². The third-order valence-electron chi connectivity index (χ3n) is 6.14. The van der Waals surface area contributed by atoms with Gasteiger partial charge in [-0.3, -0.25) is 4.79 Å². The molecule has 2 N–H and O–H groups in total. The molecule has 6 nitrogen and oxygen atoms in total. The van der Waals surface area contributed by atoms with E-state index in [2.05, 4.69) is 48.5 Å². The number of hydrogen-bond acceptors (Lipinski definition) is 4. The van der Waals surface area contributed by atoms with Gasteiger partial charge in [-0.1, -0.05) is 76.7 Å². The van der Waals surface area contributed by atoms with Crippen molar-refractivity contribution in [3.63, 3.8) is 0 Å². The Labute approximate surface area is 249 Å². The molecule has 1 amide bonds. The first-order chi connectivity index (χ1) is 17.5. The zero-order chi connectivity index (χ0) is 26.7. The van der Waals surface area contributed by atoms with E-state index >= 15 is 0 Å². The number of carbonyl (C=O) groups excluding carboxylic acids is 1. The molecule has 1 atom stereocenters. The van der Waals surface area contributed by atoms with Crippen LogP contribution in [0.1, 0.15) is 136 Å². The maximum Gasteiger partial charge on any atom is 1.00 e. The van der Waals surface area contributed by atoms with Crippen molar-refractivity contribution in [1.82, 2.24) is 5.32 Å². The molecule has 0 aromatic carbocycles. The van der Waals surface area contributed by atoms with Crippen molar-refractivity contribution < 1.29 is 49.4 Å². The molecule has 0 aliphatic carbocycles. The van der Waals surface area contributed by atoms with Crippen LogP contribution >= 0.6 is 0 Å². The van der Waals surface area contributed by atoms with E-state index in [1.165, 1.54) is 51.4 Å². The van der Waals surface area contributed by atoms with Crippen LogP contribution in [0, 0.1) is 0 Å². The second-order valence-electron chi connectivity index (χ2n) is 9.66. The first-order valence-corrected chi connectivity index (χ1v) is 14.5. The second kappa shape index (κ2) is 29.4. The van der Waals surface area contributed by atoms with E-state index in [0.717, 1.165) is 38.5 Å². The SMILES string of the molecule is CCCCCC/C=C\CCCC(=O)N[C@@H](CCCCN=C([O-])CCC/C=C\CCCCCC)C(=O)O.[Na+]. The minimum absolute atomic E-state index is 0. The quantitative estimate of drug-likeness (QED) is 0.0617. The molecule has 0 bridgehead atoms. The van der Waals surface area contributed by atoms with Gasteiger partial charge in [-0.15, -0.1) is 0 Å². The third-order valence-corrected chi connectivity index (χ3v) is 6.14. The molecule has 0 rings (SSSR count). The predicted octanol–water partition coefficient (Wildman–Crippen LogP) is 3.88. The molecule has 0 aliphatic heterocycles. The number of nitrogens with one attached hydrogen (secondary N) is 1. The van der Waals surface area contributed by atoms with Crippen LogP contribution in [0.15, 0.2) is 29.3 Å². The van der Waals surface area contributed by atoms with Crippen molar-refractivity contribution in [2.24, 2.45) is 4.99 Å². The van der Waals surface area contributed by atoms with Gasteiger partial charge in [0.1, 0.15) is 6.04 Å². The Hall–Kier alpha value is -1.11. The normalized spacial score (nSPS) is 12.6. The summed E-state index contributed by atoms with van der Waals surface area (Å²) < 4.78 is 0. The van der Waals surface area contributed by atoms with E-state index in [-0.39, 0.29) is 41.4 Å². The van der Waals surface area contributed by atoms with E-state index < -0.39 is 12.0 Å². The average Bonchev–Trinajstić information content (AvgIpc) is 2.85. The summed E-state index contributed by atoms with van der Waals surface area (Å²) >= 11 is 0. The van der Waals surface area contributed by atoms with Crippen molar-refractivity contribution in [2.45, 2.75) is 142 Å². The number of unbranched alkanes of at least 4 members (excludes halogenated alkanes) is 11. The van der Waals surface area contributed by atoms with Gasteiger partial charge >= 0.3 is 35.5 Å². The molecular weight excluding hydrogens is 475 g/mol. The Balaban J connectivity index is 0. The van der Waals surface area contributed by atoms with E-state index in [4.69, 9.17) is 0 Å². The number of carboxylic acid groups (broad SMARTS) is 1. The number of amides is 1. The number of carbonyl (C=O) groups is 2. The first-order valence-electron chi connectivity index (χ1n) is 14.5. The fourth-order valence-electron chi connectivity index (χ4n) is 3.87. The van der Waals surface area contributed by atoms with Gasteiger partial charge in [0.05, 0.1) is 0 Å². The van der Waals surface area contributed by atoms with Gasteiger partial charge in [0.2, 0.25) is 5.91 Å². The number of allylic oxidation sites excluding steroid dienone is 4. The van der Waals surface area contributed by atoms with Crippen molar-refractivity contribution in [2.75, 3.05) is 6.54 Å². The fraction of sp³-hybridized carbons (Fsp3) is 0.767. The number of nitrogens with zero attached hydrogens (tertiary/aromatic N) is 1. The van der Waals surface area contributed by atoms with Gasteiger partial charge in [0, 0.05) is 13.0 Å². The second-order valence-corrected chi connectivity index (χ2v) is 9.66. The molecule has 0 unspecified atom stereocenters. The van der Waals surface area contributed by atoms with E-state index in [0.29, 0.717) is 38.6 Å². The van der Waals surface area contributed by atoms with Crippen LogP contribution in [0.5, 0.6) is 0 Å². The number of rotatable bonds is 25. The topological polar surface area (TPSA) is 102 Å². The molecule has 0 spiro atoms. The molecule has 0 heterocycles. The Kier molecular flexibility index (Phi) is 30.3. The minimum Gasteiger partial charge on any atom is -0.862 e. The molecule has 0 saturated carbocycles. The molecule has 0 aromatic rings. The summed E-state index contributed by atoms with van der Waals surface area (Å²) in [4.78, 5) is 27.7. The maximum absolute atomic E-state index is 12.1. The minimum atomic E-state index is -1.01. The summed E-state index contributed by atoms with van der Waals surface area (Å²) in [6.07, 6.45) is 26.6. The number of hydrogen-bond donors (Lipinski definition) is 2. The number of aliphatic carboxylic acids is 1. The first kappa shape index (κ1) is 38.0. The third kappa shape index (κ3) is 27.7. The number of carboxylic acids is 1. The van der Waals surface area contributed by atoms with Gasteiger partial charge in [-0.2, -0.15) is 0 Å². The maximum atomic E-state index is 12.1. The van der Waals surface area contributed by atoms with Crippen LogP contribution in [0.25, 0.3) is 0 Å². The fourth-order valence-corrected chi connectivity index (χ4v) is 3.87. The van der Waals surface area contributed by atoms with E-state index in [1.54, 1.807) is 0 Å². The van der Waals surface area contributed by atoms with E-state index in [9.17, 15) is 19.8 Å². The van der Waals surface area contributed by atoms with Crippen molar-refractivity contribution in [3.05, 3.63) is 24.3 Å². The summed E-state index contributed by atoms with van der Waals surface area (Å²) in [5.41, 5.74) is 0. The Morgan fingerprint density at radius 3 is 1.78 bits per heavy atom. The summed E-state index contributed by atoms with van der Waals surface area (Å²) in [7, 11) is 0. The molecular formula is C30H53N2NaO4. The molecule has 0 radical (unpaired) electrons. The van der Waals surface area contributed by atoms with Crippen LogP contribution in [0.2, 0.25) is 0 Å². The Morgan fingerprint density at radius 1 is 0.757 bits per heavy atom. The van der Waals surface area contributed by atoms with Gasteiger partial charge < -0.3 is 20.5 Å². The van der Waals surface area contributed by atoms with Gasteiger partial charge in [0.15, 0.2) is 0 Å². The van der Waals surface area contributed by atoms with Crippen LogP contribution in [-0.4, -0.2) is 35.5 Å². The molecule has 37 heavy (non-hydrogen) atoms. The largest absolute Gasteiger partial charge is 1.00 e. The molecule has 0 aromatic heterocycles. The molecule has 7 heteroatoms. The molecule has 0 fully saturated rings. The Bertz CT molecular complexity index is 635. The van der Waals surface area contributed by atoms with Gasteiger partial charge in [-0.25, -0.2) is 4.79 Å². The van der Waals surface area contributed by atoms with Crippen LogP contribution in [0.3, 0.4) is 0 Å². The standard InChI is InChI=1S/C30H54N2O4.Na/c1-3-5-7-9-11-13-15-17-19-24-28(33)31-26-22-21-23-27(30(35)36)32-29(34)25-20-18-16-14-12-10-8-6-4-2;/h13-16,27H,3-12,17-26H2,1-2H3,(H,31,33)(H,32,34)(H,35,36);/q;+1/p-1/b15-13-,16-14-;/t27-;/m0./s1. The summed E-state index contributed by atoms with van der Waals surface area (Å²) in [5.74, 6) is -1.31. The van der Waals surface area contributed by atoms with Crippen LogP contribution < -0.4 is 40.0 Å². The molecule has 0 saturated heterocycles. The van der Waals surface area contributed by atoms with Crippen molar-refractivity contribution >= 4 is 17.8 Å².